The fourth-order valence-corrected chi connectivity index (χ4v) is 3.31. The van der Waals surface area contributed by atoms with Crippen LogP contribution in [0.2, 0.25) is 0 Å². The molecule has 0 saturated carbocycles. The molecule has 2 aromatic heterocycles. The molecule has 28 heavy (non-hydrogen) atoms. The van der Waals surface area contributed by atoms with E-state index in [0.29, 0.717) is 22.7 Å². The Kier molecular flexibility index (Phi) is 6.36. The van der Waals surface area contributed by atoms with Gasteiger partial charge >= 0.3 is 0 Å². The van der Waals surface area contributed by atoms with E-state index in [4.69, 9.17) is 13.7 Å². The summed E-state index contributed by atoms with van der Waals surface area (Å²) in [4.78, 5) is 8.88. The molecule has 0 unspecified atom stereocenters. The van der Waals surface area contributed by atoms with Gasteiger partial charge in [0.25, 0.3) is 10.1 Å². The average molecular weight is 407 g/mol. The van der Waals surface area contributed by atoms with Crippen LogP contribution in [-0.2, 0) is 10.1 Å². The van der Waals surface area contributed by atoms with Crippen LogP contribution in [0.1, 0.15) is 6.42 Å². The summed E-state index contributed by atoms with van der Waals surface area (Å²) >= 11 is 0. The summed E-state index contributed by atoms with van der Waals surface area (Å²) in [6.07, 6.45) is 1.91. The molecule has 2 aromatic carbocycles. The molecule has 0 amide bonds. The zero-order valence-corrected chi connectivity index (χ0v) is 18.0. The molecule has 1 N–H and O–H groups in total. The van der Waals surface area contributed by atoms with Gasteiger partial charge in [-0.25, -0.2) is 4.98 Å². The van der Waals surface area contributed by atoms with Crippen LogP contribution in [0.5, 0.6) is 5.75 Å². The van der Waals surface area contributed by atoms with Gasteiger partial charge in [0.15, 0.2) is 5.58 Å². The Morgan fingerprint density at radius 2 is 1.89 bits per heavy atom. The van der Waals surface area contributed by atoms with E-state index in [9.17, 15) is 8.42 Å². The van der Waals surface area contributed by atoms with Crippen LogP contribution in [0.25, 0.3) is 33.5 Å². The van der Waals surface area contributed by atoms with Crippen molar-refractivity contribution in [2.24, 2.45) is 0 Å². The molecule has 0 aliphatic carbocycles. The minimum absolute atomic E-state index is 0. The maximum Gasteiger partial charge on any atom is 0.264 e. The summed E-state index contributed by atoms with van der Waals surface area (Å²) < 4.78 is 41.6. The van der Waals surface area contributed by atoms with Gasteiger partial charge in [0, 0.05) is 52.8 Å². The Bertz CT molecular complexity index is 1220. The smallest absolute Gasteiger partial charge is 0.264 e. The molecule has 4 aromatic rings. The molecule has 9 heteroatoms. The fourth-order valence-electron chi connectivity index (χ4n) is 2.82. The number of oxazole rings is 1. The van der Waals surface area contributed by atoms with Crippen molar-refractivity contribution in [3.63, 3.8) is 0 Å². The number of ether oxygens (including phenoxy) is 1. The molecular formula is C19H16N2NaO5S. The van der Waals surface area contributed by atoms with Crippen molar-refractivity contribution < 1.29 is 22.1 Å². The van der Waals surface area contributed by atoms with E-state index >= 15 is 0 Å². The molecule has 0 atom stereocenters. The summed E-state index contributed by atoms with van der Waals surface area (Å²) in [7, 11) is -3.97. The number of hydrogen-bond donors (Lipinski definition) is 1. The summed E-state index contributed by atoms with van der Waals surface area (Å²) in [5, 5.41) is 0.952. The van der Waals surface area contributed by atoms with Crippen molar-refractivity contribution in [2.75, 3.05) is 12.4 Å². The third kappa shape index (κ3) is 4.71. The van der Waals surface area contributed by atoms with Gasteiger partial charge in [-0.2, -0.15) is 8.42 Å². The molecule has 0 spiro atoms. The molecule has 2 heterocycles. The number of para-hydroxylation sites is 1. The Morgan fingerprint density at radius 1 is 1.07 bits per heavy atom. The second-order valence-electron chi connectivity index (χ2n) is 6.01. The largest absolute Gasteiger partial charge is 0.493 e. The number of rotatable bonds is 6. The number of pyridine rings is 1. The van der Waals surface area contributed by atoms with Gasteiger partial charge in [-0.1, -0.05) is 18.2 Å². The third-order valence-electron chi connectivity index (χ3n) is 4.05. The summed E-state index contributed by atoms with van der Waals surface area (Å²) in [5.74, 6) is 0.698. The molecule has 1 radical (unpaired) electrons. The second-order valence-corrected chi connectivity index (χ2v) is 7.58. The third-order valence-corrected chi connectivity index (χ3v) is 4.86. The maximum atomic E-state index is 10.7. The average Bonchev–Trinajstić information content (AvgIpc) is 3.07. The summed E-state index contributed by atoms with van der Waals surface area (Å²) in [5.41, 5.74) is 2.97. The first-order valence-electron chi connectivity index (χ1n) is 8.32. The number of benzene rings is 2. The van der Waals surface area contributed by atoms with Crippen LogP contribution >= 0.6 is 0 Å². The SMILES string of the molecule is O=S(=O)(O)CCCOc1ccc2nc(-c3ccnc4ccccc34)oc2c1.[Na]. The first-order chi connectivity index (χ1) is 13.0. The van der Waals surface area contributed by atoms with Crippen LogP contribution in [-0.4, -0.2) is 64.9 Å². The van der Waals surface area contributed by atoms with Gasteiger partial charge < -0.3 is 9.15 Å². The maximum absolute atomic E-state index is 10.7. The zero-order valence-electron chi connectivity index (χ0n) is 15.2. The van der Waals surface area contributed by atoms with Gasteiger partial charge in [0.05, 0.1) is 17.9 Å². The van der Waals surface area contributed by atoms with Gasteiger partial charge in [-0.3, -0.25) is 9.54 Å². The van der Waals surface area contributed by atoms with Gasteiger partial charge in [-0.05, 0) is 30.7 Å². The quantitative estimate of drug-likeness (QED) is 0.297. The van der Waals surface area contributed by atoms with E-state index in [2.05, 4.69) is 9.97 Å². The number of nitrogens with zero attached hydrogens (tertiary/aromatic N) is 2. The minimum atomic E-state index is -3.97. The Balaban J connectivity index is 0.00000225. The molecule has 7 nitrogen and oxygen atoms in total. The number of fused-ring (bicyclic) bond motifs is 2. The zero-order chi connectivity index (χ0) is 18.9. The predicted molar refractivity (Wildman–Crippen MR) is 107 cm³/mol. The van der Waals surface area contributed by atoms with Crippen LogP contribution in [0.4, 0.5) is 0 Å². The molecule has 0 saturated heterocycles. The second kappa shape index (κ2) is 8.59. The van der Waals surface area contributed by atoms with E-state index < -0.39 is 10.1 Å². The van der Waals surface area contributed by atoms with Crippen molar-refractivity contribution in [2.45, 2.75) is 6.42 Å². The van der Waals surface area contributed by atoms with Crippen LogP contribution in [0.3, 0.4) is 0 Å². The van der Waals surface area contributed by atoms with E-state index in [1.54, 1.807) is 24.4 Å². The molecule has 4 rings (SSSR count). The van der Waals surface area contributed by atoms with Crippen molar-refractivity contribution in [1.82, 2.24) is 9.97 Å². The normalized spacial score (nSPS) is 11.5. The first kappa shape index (κ1) is 20.8. The van der Waals surface area contributed by atoms with Crippen LogP contribution in [0.15, 0.2) is 59.1 Å². The number of hydrogen-bond acceptors (Lipinski definition) is 6. The monoisotopic (exact) mass is 407 g/mol. The summed E-state index contributed by atoms with van der Waals surface area (Å²) in [6, 6.07) is 14.9. The molecule has 0 bridgehead atoms. The Labute approximate surface area is 183 Å². The Morgan fingerprint density at radius 3 is 2.71 bits per heavy atom. The topological polar surface area (TPSA) is 103 Å². The van der Waals surface area contributed by atoms with Crippen LogP contribution < -0.4 is 4.74 Å². The van der Waals surface area contributed by atoms with E-state index in [1.807, 2.05) is 30.3 Å². The minimum Gasteiger partial charge on any atom is -0.493 e. The molecule has 0 aliphatic heterocycles. The van der Waals surface area contributed by atoms with Crippen molar-refractivity contribution in [1.29, 1.82) is 0 Å². The fraction of sp³-hybridized carbons (Fsp3) is 0.158. The van der Waals surface area contributed by atoms with Gasteiger partial charge in [-0.15, -0.1) is 0 Å². The van der Waals surface area contributed by atoms with Crippen LogP contribution in [0, 0.1) is 0 Å². The van der Waals surface area contributed by atoms with E-state index in [1.165, 1.54) is 0 Å². The predicted octanol–water partition coefficient (Wildman–Crippen LogP) is 3.32. The molecule has 139 valence electrons. The van der Waals surface area contributed by atoms with Gasteiger partial charge in [0.2, 0.25) is 5.89 Å². The Hall–Kier alpha value is -1.97. The van der Waals surface area contributed by atoms with Crippen molar-refractivity contribution in [3.8, 4) is 17.2 Å². The van der Waals surface area contributed by atoms with Gasteiger partial charge in [0.1, 0.15) is 11.3 Å². The van der Waals surface area contributed by atoms with E-state index in [0.717, 1.165) is 16.5 Å². The molecule has 0 fully saturated rings. The standard InChI is InChI=1S/C19H16N2O5S.Na/c22-27(23,24)11-3-10-25-13-6-7-17-18(12-13)26-19(21-17)15-8-9-20-16-5-2-1-4-14(15)16;/h1-2,4-9,12H,3,10-11H2,(H,22,23,24);. The van der Waals surface area contributed by atoms with Crippen molar-refractivity contribution in [3.05, 3.63) is 54.7 Å². The first-order valence-corrected chi connectivity index (χ1v) is 9.93. The number of aromatic nitrogens is 2. The van der Waals surface area contributed by atoms with Crippen molar-refractivity contribution >= 4 is 61.7 Å². The summed E-state index contributed by atoms with van der Waals surface area (Å²) in [6.45, 7) is 0.168. The van der Waals surface area contributed by atoms with E-state index in [-0.39, 0.29) is 48.3 Å². The molecular weight excluding hydrogens is 391 g/mol. The molecule has 0 aliphatic rings.